The van der Waals surface area contributed by atoms with Crippen molar-refractivity contribution in [3.05, 3.63) is 281 Å². The van der Waals surface area contributed by atoms with E-state index < -0.39 is 0 Å². The molecule has 0 amide bonds. The molecule has 4 aliphatic rings. The molecule has 0 saturated carbocycles. The van der Waals surface area contributed by atoms with Gasteiger partial charge in [0.25, 0.3) is 0 Å². The van der Waals surface area contributed by atoms with E-state index in [-0.39, 0.29) is 5.92 Å². The molecule has 4 aromatic carbocycles. The highest BCUT2D eigenvalue weighted by Gasteiger charge is 2.25. The van der Waals surface area contributed by atoms with Crippen LogP contribution in [0.3, 0.4) is 0 Å². The van der Waals surface area contributed by atoms with Crippen molar-refractivity contribution in [1.29, 1.82) is 0 Å². The first-order valence-corrected chi connectivity index (χ1v) is 22.9. The third kappa shape index (κ3) is 10.2. The Morgan fingerprint density at radius 3 is 2.22 bits per heavy atom. The molecule has 0 aliphatic heterocycles. The predicted octanol–water partition coefficient (Wildman–Crippen LogP) is 16.7. The Bertz CT molecular complexity index is 2730. The van der Waals surface area contributed by atoms with Crippen LogP contribution in [0.1, 0.15) is 57.6 Å². The summed E-state index contributed by atoms with van der Waals surface area (Å²) in [6.07, 6.45) is 44.8. The number of hydrogen-bond donors (Lipinski definition) is 0. The monoisotopic (exact) mass is 832 g/mol. The van der Waals surface area contributed by atoms with Gasteiger partial charge in [-0.15, -0.1) is 0 Å². The summed E-state index contributed by atoms with van der Waals surface area (Å²) >= 11 is 0. The van der Waals surface area contributed by atoms with E-state index in [1.165, 1.54) is 50.3 Å². The fourth-order valence-electron chi connectivity index (χ4n) is 8.94. The third-order valence-electron chi connectivity index (χ3n) is 12.4. The minimum Gasteiger partial charge on any atom is -0.337 e. The molecule has 0 radical (unpaired) electrons. The van der Waals surface area contributed by atoms with E-state index in [9.17, 15) is 0 Å². The summed E-state index contributed by atoms with van der Waals surface area (Å²) in [7, 11) is 0. The van der Waals surface area contributed by atoms with Gasteiger partial charge in [0.15, 0.2) is 0 Å². The maximum atomic E-state index is 4.61. The van der Waals surface area contributed by atoms with Crippen LogP contribution in [0.4, 0.5) is 22.7 Å². The summed E-state index contributed by atoms with van der Waals surface area (Å²) in [4.78, 5) is 4.68. The standard InChI is InChI=1S/C62H60N2/c1-46(2)45-54(50-23-11-6-7-12-24-50)27-22-44-63(55-28-13-8-14-29-55)62-35-20-19-33-60(62)53-26-21-25-51(37-38-53)52-39-41-57(42-40-52)64(56-30-15-9-16-31-56)47(3)36-43-59-49(5)48(4)58-32-17-10-18-34-61(58)59/h6-9,11,13-43,45-46,48,53H,3,10,12,44H2,1-2,4-5H3/b27-22-,43-36-,54-45+. The molecule has 2 nitrogen and oxygen atoms in total. The molecular formula is C62H60N2. The first-order chi connectivity index (χ1) is 31.4. The maximum absolute atomic E-state index is 4.61. The Balaban J connectivity index is 1.03. The number of allylic oxidation sites excluding steroid dienone is 25. The second kappa shape index (κ2) is 20.8. The normalized spacial score (nSPS) is 18.4. The summed E-state index contributed by atoms with van der Waals surface area (Å²) < 4.78 is 0. The zero-order valence-electron chi connectivity index (χ0n) is 37.8. The summed E-state index contributed by atoms with van der Waals surface area (Å²) in [5.74, 6) is 0.931. The summed E-state index contributed by atoms with van der Waals surface area (Å²) in [5.41, 5.74) is 16.9. The van der Waals surface area contributed by atoms with Crippen LogP contribution in [0.15, 0.2) is 270 Å². The van der Waals surface area contributed by atoms with Gasteiger partial charge in [-0.05, 0) is 119 Å². The number of anilines is 4. The summed E-state index contributed by atoms with van der Waals surface area (Å²) in [6.45, 7) is 14.4. The van der Waals surface area contributed by atoms with Gasteiger partial charge in [0, 0.05) is 46.8 Å². The highest BCUT2D eigenvalue weighted by molar-refractivity contribution is 5.79. The molecule has 318 valence electrons. The quantitative estimate of drug-likeness (QED) is 0.117. The van der Waals surface area contributed by atoms with Crippen LogP contribution in [0.25, 0.3) is 5.57 Å². The lowest BCUT2D eigenvalue weighted by atomic mass is 9.95. The maximum Gasteiger partial charge on any atom is 0.0461 e. The van der Waals surface area contributed by atoms with Gasteiger partial charge in [-0.25, -0.2) is 0 Å². The molecule has 2 heteroatoms. The molecule has 64 heavy (non-hydrogen) atoms. The van der Waals surface area contributed by atoms with Gasteiger partial charge >= 0.3 is 0 Å². The first-order valence-electron chi connectivity index (χ1n) is 22.9. The Hall–Kier alpha value is -7.16. The lowest BCUT2D eigenvalue weighted by Gasteiger charge is -2.28. The number of rotatable bonds is 14. The molecule has 2 atom stereocenters. The molecule has 0 saturated heterocycles. The minimum absolute atomic E-state index is 0.0891. The summed E-state index contributed by atoms with van der Waals surface area (Å²) in [6, 6.07) is 39.0. The van der Waals surface area contributed by atoms with E-state index in [0.717, 1.165) is 47.7 Å². The molecule has 0 aromatic heterocycles. The zero-order valence-corrected chi connectivity index (χ0v) is 37.8. The molecule has 0 fully saturated rings. The first kappa shape index (κ1) is 43.5. The Morgan fingerprint density at radius 2 is 1.44 bits per heavy atom. The predicted molar refractivity (Wildman–Crippen MR) is 277 cm³/mol. The lowest BCUT2D eigenvalue weighted by Crippen LogP contribution is -2.19. The second-order valence-electron chi connectivity index (χ2n) is 17.1. The Kier molecular flexibility index (Phi) is 14.1. The molecule has 0 heterocycles. The van der Waals surface area contributed by atoms with Crippen molar-refractivity contribution in [2.24, 2.45) is 11.8 Å². The molecule has 8 rings (SSSR count). The van der Waals surface area contributed by atoms with Crippen molar-refractivity contribution >= 4 is 28.3 Å². The van der Waals surface area contributed by atoms with Crippen molar-refractivity contribution in [3.8, 4) is 0 Å². The minimum atomic E-state index is 0.0891. The van der Waals surface area contributed by atoms with Gasteiger partial charge < -0.3 is 9.80 Å². The average Bonchev–Trinajstić information content (AvgIpc) is 3.77. The fourth-order valence-corrected chi connectivity index (χ4v) is 8.94. The van der Waals surface area contributed by atoms with E-state index in [4.69, 9.17) is 0 Å². The van der Waals surface area contributed by atoms with Crippen LogP contribution in [0.5, 0.6) is 0 Å². The molecule has 0 N–H and O–H groups in total. The Morgan fingerprint density at radius 1 is 0.719 bits per heavy atom. The molecular weight excluding hydrogens is 773 g/mol. The smallest absolute Gasteiger partial charge is 0.0461 e. The van der Waals surface area contributed by atoms with Crippen molar-refractivity contribution in [2.45, 2.75) is 46.5 Å². The van der Waals surface area contributed by atoms with E-state index >= 15 is 0 Å². The highest BCUT2D eigenvalue weighted by atomic mass is 15.1. The fraction of sp³-hybridized carbons (Fsp3) is 0.161. The van der Waals surface area contributed by atoms with Gasteiger partial charge in [-0.1, -0.05) is 209 Å². The van der Waals surface area contributed by atoms with Gasteiger partial charge in [0.05, 0.1) is 0 Å². The van der Waals surface area contributed by atoms with Crippen LogP contribution < -0.4 is 9.80 Å². The van der Waals surface area contributed by atoms with E-state index in [2.05, 4.69) is 269 Å². The summed E-state index contributed by atoms with van der Waals surface area (Å²) in [5, 5.41) is 0. The topological polar surface area (TPSA) is 6.48 Å². The number of hydrogen-bond acceptors (Lipinski definition) is 2. The van der Waals surface area contributed by atoms with Crippen molar-refractivity contribution in [1.82, 2.24) is 0 Å². The van der Waals surface area contributed by atoms with Crippen LogP contribution in [0.2, 0.25) is 0 Å². The molecule has 0 bridgehead atoms. The zero-order chi connectivity index (χ0) is 44.3. The SMILES string of the molecule is C=C(/C=C\C1=C(C)C(C)C2=C1C=CCC=C2)N(c1ccccc1)c1ccc(C2=CC=CC(c3ccccc3N(C/C=C\C(=C/C(C)C)C3=CCC=CC=C3)c3ccccc3)C=C2)cc1. The van der Waals surface area contributed by atoms with Crippen LogP contribution in [-0.2, 0) is 0 Å². The van der Waals surface area contributed by atoms with Crippen molar-refractivity contribution in [2.75, 3.05) is 16.3 Å². The van der Waals surface area contributed by atoms with Gasteiger partial charge in [-0.3, -0.25) is 0 Å². The Labute approximate surface area is 382 Å². The molecule has 4 aromatic rings. The van der Waals surface area contributed by atoms with E-state index in [0.29, 0.717) is 11.8 Å². The number of para-hydroxylation sites is 3. The number of nitrogens with zero attached hydrogens (tertiary/aromatic N) is 2. The largest absolute Gasteiger partial charge is 0.337 e. The van der Waals surface area contributed by atoms with Crippen LogP contribution in [0, 0.1) is 11.8 Å². The van der Waals surface area contributed by atoms with Gasteiger partial charge in [0.2, 0.25) is 0 Å². The van der Waals surface area contributed by atoms with Crippen molar-refractivity contribution in [3.63, 3.8) is 0 Å². The van der Waals surface area contributed by atoms with E-state index in [1.54, 1.807) is 0 Å². The molecule has 4 aliphatic carbocycles. The lowest BCUT2D eigenvalue weighted by molar-refractivity contribution is 0.826. The van der Waals surface area contributed by atoms with E-state index in [1.807, 2.05) is 0 Å². The van der Waals surface area contributed by atoms with Gasteiger partial charge in [0.1, 0.15) is 0 Å². The number of benzene rings is 4. The third-order valence-corrected chi connectivity index (χ3v) is 12.4. The second-order valence-corrected chi connectivity index (χ2v) is 17.1. The average molecular weight is 833 g/mol. The van der Waals surface area contributed by atoms with Crippen molar-refractivity contribution < 1.29 is 0 Å². The van der Waals surface area contributed by atoms with Gasteiger partial charge in [-0.2, -0.15) is 0 Å². The molecule has 2 unspecified atom stereocenters. The molecule has 0 spiro atoms. The van der Waals surface area contributed by atoms with Crippen LogP contribution >= 0.6 is 0 Å². The van der Waals surface area contributed by atoms with Crippen LogP contribution in [-0.4, -0.2) is 6.54 Å². The highest BCUT2D eigenvalue weighted by Crippen LogP contribution is 2.41.